The topological polar surface area (TPSA) is 73.6 Å². The van der Waals surface area contributed by atoms with Crippen molar-refractivity contribution in [3.63, 3.8) is 0 Å². The molecule has 0 saturated heterocycles. The van der Waals surface area contributed by atoms with Crippen molar-refractivity contribution in [2.45, 2.75) is 6.10 Å². The van der Waals surface area contributed by atoms with E-state index in [1.54, 1.807) is 31.3 Å². The van der Waals surface area contributed by atoms with Crippen molar-refractivity contribution >= 4 is 17.6 Å². The van der Waals surface area contributed by atoms with Crippen molar-refractivity contribution in [2.24, 2.45) is 7.05 Å². The largest absolute Gasteiger partial charge is 0.489 e. The maximum atomic E-state index is 11.8. The summed E-state index contributed by atoms with van der Waals surface area (Å²) in [6, 6.07) is 5.03. The highest BCUT2D eigenvalue weighted by Gasteiger charge is 2.27. The molecule has 1 aromatic heterocycles. The van der Waals surface area contributed by atoms with Gasteiger partial charge >= 0.3 is 5.97 Å². The molecular weight excluding hydrogens is 320 g/mol. The Kier molecular flexibility index (Phi) is 5.41. The zero-order valence-corrected chi connectivity index (χ0v) is 13.6. The summed E-state index contributed by atoms with van der Waals surface area (Å²) >= 11 is 6.22. The summed E-state index contributed by atoms with van der Waals surface area (Å²) in [5.74, 6) is -0.232. The third kappa shape index (κ3) is 3.55. The van der Waals surface area contributed by atoms with Crippen molar-refractivity contribution in [3.05, 3.63) is 58.9 Å². The summed E-state index contributed by atoms with van der Waals surface area (Å²) in [7, 11) is 2.89. The summed E-state index contributed by atoms with van der Waals surface area (Å²) in [5, 5.41) is 15.1. The van der Waals surface area contributed by atoms with Gasteiger partial charge in [0.2, 0.25) is 0 Å². The summed E-state index contributed by atoms with van der Waals surface area (Å²) in [4.78, 5) is 11.8. The number of rotatable bonds is 6. The van der Waals surface area contributed by atoms with E-state index in [0.717, 1.165) is 0 Å². The van der Waals surface area contributed by atoms with Crippen LogP contribution in [0.2, 0.25) is 5.02 Å². The Morgan fingerprint density at radius 2 is 2.30 bits per heavy atom. The highest BCUT2D eigenvalue weighted by atomic mass is 35.5. The Hall–Kier alpha value is -2.31. The van der Waals surface area contributed by atoms with E-state index in [1.807, 2.05) is 0 Å². The van der Waals surface area contributed by atoms with E-state index in [1.165, 1.54) is 18.0 Å². The molecule has 0 aliphatic carbocycles. The molecular formula is C16H17ClN2O4. The molecule has 0 aliphatic heterocycles. The third-order valence-corrected chi connectivity index (χ3v) is 3.50. The van der Waals surface area contributed by atoms with Gasteiger partial charge in [-0.3, -0.25) is 4.68 Å². The van der Waals surface area contributed by atoms with Gasteiger partial charge in [0.1, 0.15) is 18.5 Å². The maximum Gasteiger partial charge on any atom is 0.358 e. The molecule has 2 rings (SSSR count). The van der Waals surface area contributed by atoms with Crippen LogP contribution in [0.15, 0.2) is 37.1 Å². The first-order chi connectivity index (χ1) is 11.0. The van der Waals surface area contributed by atoms with Crippen LogP contribution in [-0.2, 0) is 11.8 Å². The monoisotopic (exact) mass is 336 g/mol. The van der Waals surface area contributed by atoms with E-state index in [2.05, 4.69) is 11.7 Å². The first kappa shape index (κ1) is 17.1. The molecule has 1 atom stereocenters. The van der Waals surface area contributed by atoms with Gasteiger partial charge in [-0.1, -0.05) is 30.3 Å². The van der Waals surface area contributed by atoms with Crippen LogP contribution in [0.1, 0.15) is 27.7 Å². The lowest BCUT2D eigenvalue weighted by molar-refractivity contribution is 0.0587. The van der Waals surface area contributed by atoms with Gasteiger partial charge in [0.25, 0.3) is 0 Å². The smallest absolute Gasteiger partial charge is 0.358 e. The molecule has 0 bridgehead atoms. The molecule has 1 heterocycles. The van der Waals surface area contributed by atoms with Crippen molar-refractivity contribution in [1.82, 2.24) is 9.78 Å². The molecule has 1 unspecified atom stereocenters. The second-order valence-corrected chi connectivity index (χ2v) is 5.16. The summed E-state index contributed by atoms with van der Waals surface area (Å²) < 4.78 is 11.7. The number of benzene rings is 1. The molecule has 23 heavy (non-hydrogen) atoms. The Morgan fingerprint density at radius 3 is 2.96 bits per heavy atom. The van der Waals surface area contributed by atoms with Crippen LogP contribution in [0.25, 0.3) is 0 Å². The molecule has 0 spiro atoms. The number of esters is 1. The fraction of sp³-hybridized carbons (Fsp3) is 0.250. The number of carbonyl (C=O) groups is 1. The molecule has 1 aromatic carbocycles. The van der Waals surface area contributed by atoms with Gasteiger partial charge in [0, 0.05) is 24.4 Å². The van der Waals surface area contributed by atoms with Crippen LogP contribution in [0.4, 0.5) is 0 Å². The predicted octanol–water partition coefficient (Wildman–Crippen LogP) is 2.51. The van der Waals surface area contributed by atoms with E-state index in [9.17, 15) is 9.90 Å². The zero-order chi connectivity index (χ0) is 17.0. The van der Waals surface area contributed by atoms with Gasteiger partial charge in [0.05, 0.1) is 12.1 Å². The van der Waals surface area contributed by atoms with Crippen molar-refractivity contribution in [2.75, 3.05) is 13.7 Å². The molecule has 0 aliphatic rings. The highest BCUT2D eigenvalue weighted by Crippen LogP contribution is 2.36. The molecule has 122 valence electrons. The van der Waals surface area contributed by atoms with Gasteiger partial charge in [-0.2, -0.15) is 5.10 Å². The Balaban J connectivity index is 2.51. The predicted molar refractivity (Wildman–Crippen MR) is 85.8 cm³/mol. The normalized spacial score (nSPS) is 11.8. The van der Waals surface area contributed by atoms with Crippen molar-refractivity contribution in [1.29, 1.82) is 0 Å². The fourth-order valence-electron chi connectivity index (χ4n) is 2.17. The number of aromatic nitrogens is 2. The number of hydrogen-bond donors (Lipinski definition) is 1. The lowest BCUT2D eigenvalue weighted by Gasteiger charge is -2.17. The maximum absolute atomic E-state index is 11.8. The minimum atomic E-state index is -1.19. The second kappa shape index (κ2) is 7.30. The van der Waals surface area contributed by atoms with Gasteiger partial charge in [-0.15, -0.1) is 0 Å². The van der Waals surface area contributed by atoms with E-state index >= 15 is 0 Å². The van der Waals surface area contributed by atoms with Crippen molar-refractivity contribution in [3.8, 4) is 5.75 Å². The summed E-state index contributed by atoms with van der Waals surface area (Å²) in [5.41, 5.74) is 0.669. The number of ether oxygens (including phenoxy) is 2. The highest BCUT2D eigenvalue weighted by molar-refractivity contribution is 6.31. The Bertz CT molecular complexity index is 727. The SMILES string of the molecule is C=CCOc1cccc(Cl)c1C(O)c1cn(C)nc1C(=O)OC. The lowest BCUT2D eigenvalue weighted by atomic mass is 10.0. The van der Waals surface area contributed by atoms with Crippen LogP contribution in [0.3, 0.4) is 0 Å². The van der Waals surface area contributed by atoms with E-state index < -0.39 is 12.1 Å². The molecule has 7 heteroatoms. The Morgan fingerprint density at radius 1 is 1.57 bits per heavy atom. The summed E-state index contributed by atoms with van der Waals surface area (Å²) in [6.07, 6.45) is 1.93. The lowest BCUT2D eigenvalue weighted by Crippen LogP contribution is -2.11. The summed E-state index contributed by atoms with van der Waals surface area (Å²) in [6.45, 7) is 3.85. The number of aliphatic hydroxyl groups is 1. The van der Waals surface area contributed by atoms with Gasteiger partial charge in [0.15, 0.2) is 5.69 Å². The van der Waals surface area contributed by atoms with Gasteiger partial charge < -0.3 is 14.6 Å². The van der Waals surface area contributed by atoms with E-state index in [4.69, 9.17) is 21.1 Å². The fourth-order valence-corrected chi connectivity index (χ4v) is 2.44. The van der Waals surface area contributed by atoms with Crippen LogP contribution in [-0.4, -0.2) is 34.6 Å². The van der Waals surface area contributed by atoms with Crippen LogP contribution in [0, 0.1) is 0 Å². The molecule has 0 saturated carbocycles. The van der Waals surface area contributed by atoms with E-state index in [0.29, 0.717) is 16.3 Å². The van der Waals surface area contributed by atoms with Crippen molar-refractivity contribution < 1.29 is 19.4 Å². The number of nitrogens with zero attached hydrogens (tertiary/aromatic N) is 2. The van der Waals surface area contributed by atoms with Gasteiger partial charge in [-0.05, 0) is 12.1 Å². The quantitative estimate of drug-likeness (QED) is 0.648. The first-order valence-electron chi connectivity index (χ1n) is 6.81. The number of halogens is 1. The van der Waals surface area contributed by atoms with E-state index in [-0.39, 0.29) is 17.9 Å². The second-order valence-electron chi connectivity index (χ2n) is 4.75. The standard InChI is InChI=1S/C16H17ClN2O4/c1-4-8-23-12-7-5-6-11(17)13(12)15(20)10-9-19(2)18-14(10)16(21)22-3/h4-7,9,15,20H,1,8H2,2-3H3. The number of aliphatic hydroxyl groups excluding tert-OH is 1. The zero-order valence-electron chi connectivity index (χ0n) is 12.8. The molecule has 2 aromatic rings. The molecule has 0 amide bonds. The number of aryl methyl sites for hydroxylation is 1. The van der Waals surface area contributed by atoms with Crippen LogP contribution < -0.4 is 4.74 Å². The first-order valence-corrected chi connectivity index (χ1v) is 7.19. The molecule has 0 radical (unpaired) electrons. The minimum Gasteiger partial charge on any atom is -0.489 e. The molecule has 1 N–H and O–H groups in total. The average molecular weight is 337 g/mol. The minimum absolute atomic E-state index is 0.0251. The van der Waals surface area contributed by atoms with Crippen LogP contribution >= 0.6 is 11.6 Å². The Labute approximate surface area is 138 Å². The molecule has 6 nitrogen and oxygen atoms in total. The average Bonchev–Trinajstić information content (AvgIpc) is 2.93. The van der Waals surface area contributed by atoms with Gasteiger partial charge in [-0.25, -0.2) is 4.79 Å². The molecule has 0 fully saturated rings. The third-order valence-electron chi connectivity index (χ3n) is 3.17. The number of carbonyl (C=O) groups excluding carboxylic acids is 1. The van der Waals surface area contributed by atoms with Crippen LogP contribution in [0.5, 0.6) is 5.75 Å². The number of hydrogen-bond acceptors (Lipinski definition) is 5. The number of methoxy groups -OCH3 is 1.